The van der Waals surface area contributed by atoms with Crippen molar-refractivity contribution in [3.05, 3.63) is 34.9 Å². The van der Waals surface area contributed by atoms with E-state index in [-0.39, 0.29) is 0 Å². The van der Waals surface area contributed by atoms with E-state index in [9.17, 15) is 0 Å². The summed E-state index contributed by atoms with van der Waals surface area (Å²) in [4.78, 5) is 16.0. The van der Waals surface area contributed by atoms with Crippen LogP contribution < -0.4 is 10.6 Å². The number of hydrogen-bond acceptors (Lipinski definition) is 8. The van der Waals surface area contributed by atoms with Crippen molar-refractivity contribution in [1.29, 1.82) is 0 Å². The molecule has 2 bridgehead atoms. The van der Waals surface area contributed by atoms with Crippen molar-refractivity contribution >= 4 is 0 Å². The van der Waals surface area contributed by atoms with Crippen molar-refractivity contribution in [2.75, 3.05) is 65.4 Å². The summed E-state index contributed by atoms with van der Waals surface area (Å²) in [5.41, 5.74) is 9.51. The Balaban J connectivity index is 0.000000149. The van der Waals surface area contributed by atoms with Crippen LogP contribution >= 0.6 is 0 Å². The SMILES string of the molecule is CC(C)C=C1CC2(CCN(C(C)C)C2)C1.CC(C)C=C1CC2(CCN(C(C)C)CC2)C1.CC(C)C=C1CCC2(CC1)CN(C(C)C)C2.CC(C)CC1CC2(CCN(C(C)C)CC2)C1.CC(C)NC1CC2(C1)CC1CCC(C2)N1C(C)C.CC(C)NC1CC2(CCN(C(C)C)CC2)C1. The summed E-state index contributed by atoms with van der Waals surface area (Å²) in [5.74, 6) is 4.17. The molecule has 2 N–H and O–H groups in total. The van der Waals surface area contributed by atoms with Gasteiger partial charge in [0.1, 0.15) is 0 Å². The minimum absolute atomic E-state index is 0.651. The summed E-state index contributed by atoms with van der Waals surface area (Å²) in [6, 6.07) is 9.21. The maximum absolute atomic E-state index is 3.72. The molecule has 0 aromatic heterocycles. The van der Waals surface area contributed by atoms with Gasteiger partial charge in [-0.3, -0.25) is 9.80 Å². The number of likely N-dealkylation sites (tertiary alicyclic amines) is 5. The smallest absolute Gasteiger partial charge is 0.0107 e. The highest BCUT2D eigenvalue weighted by molar-refractivity contribution is 5.23. The molecular weight excluding hydrogens is 1180 g/mol. The molecule has 6 saturated carbocycles. The van der Waals surface area contributed by atoms with Gasteiger partial charge in [-0.15, -0.1) is 0 Å². The molecule has 562 valence electrons. The first-order valence-corrected chi connectivity index (χ1v) is 42.6. The highest BCUT2D eigenvalue weighted by atomic mass is 15.3. The van der Waals surface area contributed by atoms with Crippen LogP contribution in [0.1, 0.15) is 333 Å². The fourth-order valence-corrected chi connectivity index (χ4v) is 22.5. The molecule has 6 aliphatic carbocycles. The second kappa shape index (κ2) is 35.3. The summed E-state index contributed by atoms with van der Waals surface area (Å²) in [6.45, 7) is 68.9. The lowest BCUT2D eigenvalue weighted by Crippen LogP contribution is -2.59. The average molecular weight is 1350 g/mol. The van der Waals surface area contributed by atoms with Gasteiger partial charge in [0.05, 0.1) is 0 Å². The van der Waals surface area contributed by atoms with E-state index in [0.717, 1.165) is 106 Å². The van der Waals surface area contributed by atoms with Gasteiger partial charge >= 0.3 is 0 Å². The number of rotatable bonds is 15. The Bertz CT molecular complexity index is 2290. The molecular formula is C89H166N8. The summed E-state index contributed by atoms with van der Waals surface area (Å²) in [7, 11) is 0. The van der Waals surface area contributed by atoms with Crippen molar-refractivity contribution < 1.29 is 0 Å². The van der Waals surface area contributed by atoms with Crippen LogP contribution in [-0.2, 0) is 0 Å². The number of nitrogens with one attached hydrogen (secondary N) is 2. The monoisotopic (exact) mass is 1350 g/mol. The van der Waals surface area contributed by atoms with Gasteiger partial charge in [-0.05, 0) is 358 Å². The van der Waals surface area contributed by atoms with E-state index in [1.165, 1.54) is 232 Å². The van der Waals surface area contributed by atoms with E-state index in [1.54, 1.807) is 16.7 Å². The largest absolute Gasteiger partial charge is 0.312 e. The first-order chi connectivity index (χ1) is 45.5. The maximum Gasteiger partial charge on any atom is 0.0107 e. The predicted octanol–water partition coefficient (Wildman–Crippen LogP) is 20.9. The van der Waals surface area contributed by atoms with E-state index in [1.807, 2.05) is 0 Å². The Labute approximate surface area is 604 Å². The highest BCUT2D eigenvalue weighted by Crippen LogP contribution is 2.58. The summed E-state index contributed by atoms with van der Waals surface area (Å²) in [6.07, 6.45) is 44.9. The summed E-state index contributed by atoms with van der Waals surface area (Å²) >= 11 is 0. The fourth-order valence-electron chi connectivity index (χ4n) is 22.5. The van der Waals surface area contributed by atoms with E-state index in [4.69, 9.17) is 0 Å². The van der Waals surface area contributed by atoms with Crippen molar-refractivity contribution in [3.8, 4) is 0 Å². The van der Waals surface area contributed by atoms with Gasteiger partial charge in [-0.2, -0.15) is 0 Å². The third-order valence-corrected chi connectivity index (χ3v) is 27.6. The van der Waals surface area contributed by atoms with Gasteiger partial charge < -0.3 is 30.2 Å². The van der Waals surface area contributed by atoms with E-state index in [2.05, 4.69) is 224 Å². The number of allylic oxidation sites excluding steroid dienone is 6. The molecule has 2 atom stereocenters. The molecule has 0 radical (unpaired) electrons. The van der Waals surface area contributed by atoms with Gasteiger partial charge in [-0.1, -0.05) is 118 Å². The average Bonchev–Trinajstić information content (AvgIpc) is 1.68. The quantitative estimate of drug-likeness (QED) is 0.157. The van der Waals surface area contributed by atoms with Crippen LogP contribution in [0.5, 0.6) is 0 Å². The molecule has 97 heavy (non-hydrogen) atoms. The summed E-state index contributed by atoms with van der Waals surface area (Å²) in [5, 5.41) is 7.39. The third-order valence-electron chi connectivity index (χ3n) is 27.6. The number of piperidine rings is 4. The van der Waals surface area contributed by atoms with Gasteiger partial charge in [-0.25, -0.2) is 0 Å². The lowest BCUT2D eigenvalue weighted by atomic mass is 9.56. The second-order valence-corrected chi connectivity index (χ2v) is 40.7. The molecule has 13 fully saturated rings. The fraction of sp³-hybridized carbons (Fsp3) is 0.933. The normalized spacial score (nSPS) is 30.3. The van der Waals surface area contributed by atoms with Gasteiger partial charge in [0.2, 0.25) is 0 Å². The molecule has 6 spiro atoms. The number of fused-ring (bicyclic) bond motifs is 2. The molecule has 0 amide bonds. The topological polar surface area (TPSA) is 43.5 Å². The molecule has 7 heterocycles. The van der Waals surface area contributed by atoms with E-state index >= 15 is 0 Å². The molecule has 0 aromatic rings. The molecule has 13 aliphatic rings. The van der Waals surface area contributed by atoms with Crippen molar-refractivity contribution in [2.24, 2.45) is 62.1 Å². The second-order valence-electron chi connectivity index (χ2n) is 40.7. The van der Waals surface area contributed by atoms with Crippen LogP contribution in [0.4, 0.5) is 0 Å². The third kappa shape index (κ3) is 23.0. The lowest BCUT2D eigenvalue weighted by Gasteiger charge is -2.56. The Kier molecular flexibility index (Phi) is 29.7. The minimum atomic E-state index is 0.651. The first-order valence-electron chi connectivity index (χ1n) is 42.6. The molecule has 7 aliphatic heterocycles. The van der Waals surface area contributed by atoms with Gasteiger partial charge in [0.15, 0.2) is 0 Å². The van der Waals surface area contributed by atoms with Crippen LogP contribution in [0.3, 0.4) is 0 Å². The van der Waals surface area contributed by atoms with E-state index < -0.39 is 0 Å². The van der Waals surface area contributed by atoms with Crippen LogP contribution in [0.2, 0.25) is 0 Å². The van der Waals surface area contributed by atoms with Crippen LogP contribution in [0, 0.1) is 62.1 Å². The standard InChI is InChI=1S/C16H30N2.C15H29N.2C15H27N.C14H28N2.C14H25N/c1-11(2)17-13-7-16(8-13)9-14-5-6-15(10-16)18(14)12(3)4;2*1-12(2)9-14-10-15(11-14)5-7-16(8-6-15)13(3)4;1-12(2)9-14-5-7-15(8-6-14)10-16(11-15)13(3)4;1-11(2)15-13-9-14(10-13)5-7-16(8-6-14)12(3)4;1-11(2)7-13-8-14(9-13)5-6-15(10-14)12(3)4/h11-15,17H,5-10H2,1-4H3;12-14H,5-11H2,1-4H3;2*9,12-13H,5-8,10-11H2,1-4H3;11-13,15H,5-10H2,1-4H3;7,11-12H,5-6,8-10H2,1-4H3. The van der Waals surface area contributed by atoms with Gasteiger partial charge in [0.25, 0.3) is 0 Å². The number of nitrogens with zero attached hydrogens (tertiary/aromatic N) is 6. The first kappa shape index (κ1) is 81.6. The van der Waals surface area contributed by atoms with Crippen LogP contribution in [0.15, 0.2) is 34.9 Å². The Morgan fingerprint density at radius 1 is 0.330 bits per heavy atom. The van der Waals surface area contributed by atoms with E-state index in [0.29, 0.717) is 28.3 Å². The maximum atomic E-state index is 3.72. The minimum Gasteiger partial charge on any atom is -0.312 e. The van der Waals surface area contributed by atoms with Crippen molar-refractivity contribution in [1.82, 2.24) is 40.0 Å². The Morgan fingerprint density at radius 3 is 1.01 bits per heavy atom. The van der Waals surface area contributed by atoms with Crippen molar-refractivity contribution in [3.63, 3.8) is 0 Å². The van der Waals surface area contributed by atoms with Crippen LogP contribution in [-0.4, -0.2) is 167 Å². The molecule has 0 aromatic carbocycles. The summed E-state index contributed by atoms with van der Waals surface area (Å²) < 4.78 is 0. The molecule has 2 unspecified atom stereocenters. The number of hydrogen-bond donors (Lipinski definition) is 2. The Hall–Kier alpha value is -1.10. The molecule has 7 saturated heterocycles. The predicted molar refractivity (Wildman–Crippen MR) is 424 cm³/mol. The van der Waals surface area contributed by atoms with Gasteiger partial charge in [0, 0.05) is 92.1 Å². The molecule has 8 heteroatoms. The van der Waals surface area contributed by atoms with Crippen molar-refractivity contribution in [2.45, 2.75) is 406 Å². The zero-order valence-corrected chi connectivity index (χ0v) is 69.2. The lowest BCUT2D eigenvalue weighted by molar-refractivity contribution is -0.0433. The molecule has 13 rings (SSSR count). The Morgan fingerprint density at radius 2 is 0.660 bits per heavy atom. The molecule has 8 nitrogen and oxygen atoms in total. The zero-order valence-electron chi connectivity index (χ0n) is 69.2. The van der Waals surface area contributed by atoms with Crippen LogP contribution in [0.25, 0.3) is 0 Å². The highest BCUT2D eigenvalue weighted by Gasteiger charge is 2.55. The zero-order chi connectivity index (χ0) is 71.0.